The van der Waals surface area contributed by atoms with Gasteiger partial charge in [0.25, 0.3) is 5.91 Å². The molecule has 1 amide bonds. The van der Waals surface area contributed by atoms with Crippen molar-refractivity contribution in [3.05, 3.63) is 24.0 Å². The number of likely N-dealkylation sites (N-methyl/N-ethyl adjacent to an activating group) is 1. The molecule has 1 aromatic heterocycles. The third-order valence-corrected chi connectivity index (χ3v) is 2.68. The smallest absolute Gasteiger partial charge is 0.274 e. The molecule has 0 spiro atoms. The van der Waals surface area contributed by atoms with E-state index in [2.05, 4.69) is 10.3 Å². The van der Waals surface area contributed by atoms with E-state index in [0.29, 0.717) is 5.92 Å². The van der Waals surface area contributed by atoms with Crippen molar-refractivity contribution < 1.29 is 9.90 Å². The van der Waals surface area contributed by atoms with Gasteiger partial charge in [0.1, 0.15) is 5.75 Å². The monoisotopic (exact) mass is 251 g/mol. The molecule has 100 valence electrons. The van der Waals surface area contributed by atoms with Crippen molar-refractivity contribution in [3.8, 4) is 5.75 Å². The average Bonchev–Trinajstić information content (AvgIpc) is 2.27. The first-order valence-corrected chi connectivity index (χ1v) is 6.01. The van der Waals surface area contributed by atoms with Gasteiger partial charge in [-0.1, -0.05) is 13.8 Å². The molecule has 1 rings (SSSR count). The SMILES string of the molecule is CC(C)C(CN(C)C)NC(=O)c1ncccc1O. The molecule has 18 heavy (non-hydrogen) atoms. The summed E-state index contributed by atoms with van der Waals surface area (Å²) < 4.78 is 0. The standard InChI is InChI=1S/C13H21N3O2/c1-9(2)10(8-16(3)4)15-13(18)12-11(17)6-5-7-14-12/h5-7,9-10,17H,8H2,1-4H3,(H,15,18). The summed E-state index contributed by atoms with van der Waals surface area (Å²) >= 11 is 0. The predicted molar refractivity (Wildman–Crippen MR) is 70.5 cm³/mol. The van der Waals surface area contributed by atoms with Gasteiger partial charge in [-0.3, -0.25) is 4.79 Å². The molecule has 0 radical (unpaired) electrons. The molecule has 0 fully saturated rings. The van der Waals surface area contributed by atoms with E-state index < -0.39 is 0 Å². The second-order valence-electron chi connectivity index (χ2n) is 4.96. The van der Waals surface area contributed by atoms with Crippen LogP contribution in [0, 0.1) is 5.92 Å². The van der Waals surface area contributed by atoms with Crippen LogP contribution in [-0.2, 0) is 0 Å². The van der Waals surface area contributed by atoms with Crippen molar-refractivity contribution in [1.82, 2.24) is 15.2 Å². The van der Waals surface area contributed by atoms with Crippen LogP contribution in [0.15, 0.2) is 18.3 Å². The molecular formula is C13H21N3O2. The molecule has 0 aliphatic rings. The van der Waals surface area contributed by atoms with E-state index >= 15 is 0 Å². The lowest BCUT2D eigenvalue weighted by Gasteiger charge is -2.25. The van der Waals surface area contributed by atoms with Gasteiger partial charge in [-0.25, -0.2) is 4.98 Å². The van der Waals surface area contributed by atoms with Crippen molar-refractivity contribution in [2.45, 2.75) is 19.9 Å². The fourth-order valence-corrected chi connectivity index (χ4v) is 1.63. The lowest BCUT2D eigenvalue weighted by molar-refractivity contribution is 0.0908. The van der Waals surface area contributed by atoms with Gasteiger partial charge in [0.2, 0.25) is 0 Å². The number of hydrogen-bond acceptors (Lipinski definition) is 4. The average molecular weight is 251 g/mol. The maximum Gasteiger partial charge on any atom is 0.274 e. The van der Waals surface area contributed by atoms with Crippen LogP contribution in [0.3, 0.4) is 0 Å². The molecule has 1 atom stereocenters. The lowest BCUT2D eigenvalue weighted by atomic mass is 10.0. The van der Waals surface area contributed by atoms with Gasteiger partial charge < -0.3 is 15.3 Å². The first kappa shape index (κ1) is 14.4. The summed E-state index contributed by atoms with van der Waals surface area (Å²) in [5.74, 6) is -0.127. The Morgan fingerprint density at radius 3 is 2.67 bits per heavy atom. The fourth-order valence-electron chi connectivity index (χ4n) is 1.63. The van der Waals surface area contributed by atoms with E-state index in [0.717, 1.165) is 6.54 Å². The number of nitrogens with zero attached hydrogens (tertiary/aromatic N) is 2. The number of aromatic hydroxyl groups is 1. The summed E-state index contributed by atoms with van der Waals surface area (Å²) in [7, 11) is 3.92. The van der Waals surface area contributed by atoms with Crippen molar-refractivity contribution in [3.63, 3.8) is 0 Å². The van der Waals surface area contributed by atoms with E-state index in [-0.39, 0.29) is 23.4 Å². The number of carbonyl (C=O) groups excluding carboxylic acids is 1. The number of rotatable bonds is 5. The minimum absolute atomic E-state index is 0.0221. The van der Waals surface area contributed by atoms with Gasteiger partial charge in [-0.2, -0.15) is 0 Å². The van der Waals surface area contributed by atoms with E-state index in [4.69, 9.17) is 0 Å². The number of nitrogens with one attached hydrogen (secondary N) is 1. The quantitative estimate of drug-likeness (QED) is 0.822. The van der Waals surface area contributed by atoms with Crippen LogP contribution in [0.5, 0.6) is 5.75 Å². The number of pyridine rings is 1. The molecule has 1 aromatic rings. The molecule has 1 heterocycles. The highest BCUT2D eigenvalue weighted by Gasteiger charge is 2.20. The Bertz CT molecular complexity index is 405. The Labute approximate surface area is 108 Å². The van der Waals surface area contributed by atoms with Gasteiger partial charge in [0.05, 0.1) is 0 Å². The predicted octanol–water partition coefficient (Wildman–Crippen LogP) is 1.10. The first-order valence-electron chi connectivity index (χ1n) is 6.01. The van der Waals surface area contributed by atoms with Gasteiger partial charge in [0, 0.05) is 18.8 Å². The van der Waals surface area contributed by atoms with E-state index in [1.54, 1.807) is 6.07 Å². The van der Waals surface area contributed by atoms with Crippen LogP contribution in [0.2, 0.25) is 0 Å². The highest BCUT2D eigenvalue weighted by Crippen LogP contribution is 2.13. The number of carbonyl (C=O) groups is 1. The molecule has 2 N–H and O–H groups in total. The molecule has 0 aromatic carbocycles. The topological polar surface area (TPSA) is 65.5 Å². The minimum Gasteiger partial charge on any atom is -0.505 e. The van der Waals surface area contributed by atoms with Crippen LogP contribution in [-0.4, -0.2) is 47.6 Å². The molecule has 5 nitrogen and oxygen atoms in total. The minimum atomic E-state index is -0.339. The third-order valence-electron chi connectivity index (χ3n) is 2.68. The largest absolute Gasteiger partial charge is 0.505 e. The van der Waals surface area contributed by atoms with Gasteiger partial charge >= 0.3 is 0 Å². The maximum atomic E-state index is 12.0. The van der Waals surface area contributed by atoms with Crippen LogP contribution >= 0.6 is 0 Å². The van der Waals surface area contributed by atoms with Crippen molar-refractivity contribution >= 4 is 5.91 Å². The summed E-state index contributed by atoms with van der Waals surface area (Å²) in [5, 5.41) is 12.5. The Balaban J connectivity index is 2.76. The molecule has 5 heteroatoms. The van der Waals surface area contributed by atoms with Crippen LogP contribution in [0.4, 0.5) is 0 Å². The molecule has 0 saturated heterocycles. The molecule has 1 unspecified atom stereocenters. The first-order chi connectivity index (χ1) is 8.41. The highest BCUT2D eigenvalue weighted by atomic mass is 16.3. The van der Waals surface area contributed by atoms with E-state index in [1.165, 1.54) is 12.3 Å². The molecule has 0 saturated carbocycles. The van der Waals surface area contributed by atoms with Crippen molar-refractivity contribution in [1.29, 1.82) is 0 Å². The summed E-state index contributed by atoms with van der Waals surface area (Å²) in [4.78, 5) is 17.9. The normalized spacial score (nSPS) is 12.8. The zero-order chi connectivity index (χ0) is 13.7. The zero-order valence-corrected chi connectivity index (χ0v) is 11.3. The van der Waals surface area contributed by atoms with Gasteiger partial charge in [-0.05, 0) is 32.1 Å². The van der Waals surface area contributed by atoms with Crippen LogP contribution in [0.25, 0.3) is 0 Å². The number of amides is 1. The Kier molecular flexibility index (Phi) is 5.09. The lowest BCUT2D eigenvalue weighted by Crippen LogP contribution is -2.45. The molecule has 0 aliphatic heterocycles. The summed E-state index contributed by atoms with van der Waals surface area (Å²) in [5.41, 5.74) is 0.0712. The third kappa shape index (κ3) is 4.00. The summed E-state index contributed by atoms with van der Waals surface area (Å²) in [6.07, 6.45) is 1.49. The van der Waals surface area contributed by atoms with Crippen molar-refractivity contribution in [2.24, 2.45) is 5.92 Å². The maximum absolute atomic E-state index is 12.0. The van der Waals surface area contributed by atoms with Crippen LogP contribution < -0.4 is 5.32 Å². The van der Waals surface area contributed by atoms with Crippen molar-refractivity contribution in [2.75, 3.05) is 20.6 Å². The molecule has 0 bridgehead atoms. The van der Waals surface area contributed by atoms with E-state index in [9.17, 15) is 9.90 Å². The Morgan fingerprint density at radius 1 is 1.50 bits per heavy atom. The fraction of sp³-hybridized carbons (Fsp3) is 0.538. The molecule has 0 aliphatic carbocycles. The zero-order valence-electron chi connectivity index (χ0n) is 11.3. The summed E-state index contributed by atoms with van der Waals surface area (Å²) in [6, 6.07) is 3.07. The number of hydrogen-bond donors (Lipinski definition) is 2. The van der Waals surface area contributed by atoms with Crippen LogP contribution in [0.1, 0.15) is 24.3 Å². The van der Waals surface area contributed by atoms with E-state index in [1.807, 2.05) is 32.8 Å². The Hall–Kier alpha value is -1.62. The Morgan fingerprint density at radius 2 is 2.17 bits per heavy atom. The highest BCUT2D eigenvalue weighted by molar-refractivity contribution is 5.94. The van der Waals surface area contributed by atoms with Gasteiger partial charge in [-0.15, -0.1) is 0 Å². The second-order valence-corrected chi connectivity index (χ2v) is 4.96. The second kappa shape index (κ2) is 6.35. The number of aromatic nitrogens is 1. The van der Waals surface area contributed by atoms with Gasteiger partial charge in [0.15, 0.2) is 5.69 Å². The molecular weight excluding hydrogens is 230 g/mol. The summed E-state index contributed by atoms with van der Waals surface area (Å²) in [6.45, 7) is 4.84.